The highest BCUT2D eigenvalue weighted by atomic mass is 16.6. The summed E-state index contributed by atoms with van der Waals surface area (Å²) in [5.74, 6) is 0.951. The van der Waals surface area contributed by atoms with Crippen LogP contribution in [0.3, 0.4) is 0 Å². The highest BCUT2D eigenvalue weighted by Crippen LogP contribution is 2.60. The van der Waals surface area contributed by atoms with E-state index in [0.717, 1.165) is 12.0 Å². The lowest BCUT2D eigenvalue weighted by molar-refractivity contribution is -0.186. The maximum Gasteiger partial charge on any atom is 0.306 e. The molecular weight excluding hydrogens is 392 g/mol. The number of carbonyl (C=O) groups is 1. The van der Waals surface area contributed by atoms with Gasteiger partial charge in [-0.1, -0.05) is 41.2 Å². The Hall–Kier alpha value is -0.910. The topological polar surface area (TPSA) is 76.0 Å². The fourth-order valence-corrected chi connectivity index (χ4v) is 7.09. The molecule has 0 unspecified atom stereocenters. The number of esters is 1. The molecule has 2 saturated heterocycles. The molecule has 5 heteroatoms. The van der Waals surface area contributed by atoms with Gasteiger partial charge in [0.25, 0.3) is 0 Å². The Bertz CT molecular complexity index is 685. The van der Waals surface area contributed by atoms with E-state index in [2.05, 4.69) is 34.3 Å². The van der Waals surface area contributed by atoms with Crippen LogP contribution < -0.4 is 0 Å². The third-order valence-electron chi connectivity index (χ3n) is 8.94. The Kier molecular flexibility index (Phi) is 7.01. The highest BCUT2D eigenvalue weighted by molar-refractivity contribution is 5.69. The molecule has 2 bridgehead atoms. The van der Waals surface area contributed by atoms with Gasteiger partial charge < -0.3 is 19.7 Å². The second kappa shape index (κ2) is 8.79. The summed E-state index contributed by atoms with van der Waals surface area (Å²) in [6, 6.07) is 0. The lowest BCUT2D eigenvalue weighted by atomic mass is 9.51. The van der Waals surface area contributed by atoms with Crippen LogP contribution in [0, 0.1) is 35.5 Å². The van der Waals surface area contributed by atoms with Crippen LogP contribution in [0.15, 0.2) is 12.2 Å². The second-order valence-corrected chi connectivity index (χ2v) is 11.3. The summed E-state index contributed by atoms with van der Waals surface area (Å²) >= 11 is 0. The number of hydrogen-bond acceptors (Lipinski definition) is 5. The van der Waals surface area contributed by atoms with Crippen molar-refractivity contribution in [2.75, 3.05) is 0 Å². The quantitative estimate of drug-likeness (QED) is 0.501. The lowest BCUT2D eigenvalue weighted by Crippen LogP contribution is -2.61. The van der Waals surface area contributed by atoms with Crippen LogP contribution in [-0.2, 0) is 14.3 Å². The number of rotatable bonds is 4. The molecule has 3 fully saturated rings. The van der Waals surface area contributed by atoms with E-state index in [1.54, 1.807) is 0 Å². The summed E-state index contributed by atoms with van der Waals surface area (Å²) < 4.78 is 12.9. The number of fused-ring (bicyclic) bond motifs is 5. The zero-order chi connectivity index (χ0) is 23.3. The Labute approximate surface area is 188 Å². The van der Waals surface area contributed by atoms with E-state index in [-0.39, 0.29) is 35.9 Å². The average Bonchev–Trinajstić information content (AvgIpc) is 3.05. The monoisotopic (exact) mass is 436 g/mol. The molecule has 0 radical (unpaired) electrons. The van der Waals surface area contributed by atoms with Crippen LogP contribution in [0.2, 0.25) is 0 Å². The van der Waals surface area contributed by atoms with Crippen LogP contribution in [0.4, 0.5) is 0 Å². The van der Waals surface area contributed by atoms with Crippen molar-refractivity contribution < 1.29 is 24.5 Å². The first-order valence-electron chi connectivity index (χ1n) is 12.3. The summed E-state index contributed by atoms with van der Waals surface area (Å²) in [5, 5.41) is 22.5. The van der Waals surface area contributed by atoms with Gasteiger partial charge in [0.1, 0.15) is 11.7 Å². The van der Waals surface area contributed by atoms with Gasteiger partial charge in [0.05, 0.1) is 17.8 Å². The van der Waals surface area contributed by atoms with Gasteiger partial charge in [-0.15, -0.1) is 0 Å². The Balaban J connectivity index is 2.12. The Morgan fingerprint density at radius 3 is 2.55 bits per heavy atom. The molecule has 0 amide bonds. The normalized spacial score (nSPS) is 48.0. The van der Waals surface area contributed by atoms with Crippen molar-refractivity contribution in [2.45, 2.75) is 110 Å². The molecular formula is C26H44O5. The first kappa shape index (κ1) is 24.7. The number of hydrogen-bond donors (Lipinski definition) is 2. The molecule has 1 aliphatic carbocycles. The van der Waals surface area contributed by atoms with Gasteiger partial charge in [-0.25, -0.2) is 0 Å². The Morgan fingerprint density at radius 1 is 1.32 bits per heavy atom. The Morgan fingerprint density at radius 2 is 1.97 bits per heavy atom. The van der Waals surface area contributed by atoms with Crippen LogP contribution in [0.5, 0.6) is 0 Å². The van der Waals surface area contributed by atoms with E-state index in [9.17, 15) is 15.0 Å². The molecule has 0 aromatic carbocycles. The molecule has 2 heterocycles. The van der Waals surface area contributed by atoms with Crippen LogP contribution in [0.1, 0.15) is 80.6 Å². The van der Waals surface area contributed by atoms with Crippen molar-refractivity contribution in [1.82, 2.24) is 0 Å². The minimum atomic E-state index is -0.909. The average molecular weight is 437 g/mol. The number of aliphatic hydroxyl groups is 2. The van der Waals surface area contributed by atoms with E-state index >= 15 is 0 Å². The standard InChI is InChI=1S/C26H44O5/c1-9-10-20(28)31-25(7)12-11-18(27)15(4)13-19-23-22(24(25)30-19)21(14(2)3)16(5)17(6)26(23,8)29/h14,16-19,21-24,27,29H,4,9-13H2,1-3,5-8H3/t16-,17-,18+,19-,21+,22-,23-,24-,25-,26-/m1/s1. The van der Waals surface area contributed by atoms with Crippen molar-refractivity contribution in [3.8, 4) is 0 Å². The lowest BCUT2D eigenvalue weighted by Gasteiger charge is -2.55. The predicted octanol–water partition coefficient (Wildman–Crippen LogP) is 4.50. The molecule has 0 aromatic heterocycles. The van der Waals surface area contributed by atoms with Crippen molar-refractivity contribution in [3.63, 3.8) is 0 Å². The van der Waals surface area contributed by atoms with Gasteiger partial charge in [-0.05, 0) is 68.8 Å². The van der Waals surface area contributed by atoms with Crippen molar-refractivity contribution in [1.29, 1.82) is 0 Å². The van der Waals surface area contributed by atoms with Crippen LogP contribution >= 0.6 is 0 Å². The van der Waals surface area contributed by atoms with Crippen molar-refractivity contribution >= 4 is 5.97 Å². The first-order chi connectivity index (χ1) is 14.3. The fraction of sp³-hybridized carbons (Fsp3) is 0.885. The van der Waals surface area contributed by atoms with E-state index in [1.807, 2.05) is 20.8 Å². The summed E-state index contributed by atoms with van der Waals surface area (Å²) in [4.78, 5) is 12.6. The molecule has 2 aliphatic heterocycles. The SMILES string of the molecule is C=C1C[C@H]2O[C@H]([C@@H]3[C@@H](C(C)C)[C@H](C)[C@@H](C)[C@@](C)(O)[C@@H]32)[C@](C)(OC(=O)CCC)CC[C@@H]1O. The maximum absolute atomic E-state index is 12.6. The minimum absolute atomic E-state index is 0.0775. The first-order valence-corrected chi connectivity index (χ1v) is 12.3. The number of ether oxygens (including phenoxy) is 2. The zero-order valence-corrected chi connectivity index (χ0v) is 20.6. The zero-order valence-electron chi connectivity index (χ0n) is 20.6. The molecule has 10 atom stereocenters. The van der Waals surface area contributed by atoms with Crippen molar-refractivity contribution in [2.24, 2.45) is 35.5 Å². The molecule has 0 spiro atoms. The smallest absolute Gasteiger partial charge is 0.306 e. The molecule has 2 N–H and O–H groups in total. The van der Waals surface area contributed by atoms with Crippen LogP contribution in [0.25, 0.3) is 0 Å². The van der Waals surface area contributed by atoms with E-state index in [1.165, 1.54) is 0 Å². The molecule has 1 saturated carbocycles. The van der Waals surface area contributed by atoms with Crippen molar-refractivity contribution in [3.05, 3.63) is 12.2 Å². The molecule has 31 heavy (non-hydrogen) atoms. The number of carbonyl (C=O) groups excluding carboxylic acids is 1. The van der Waals surface area contributed by atoms with Gasteiger partial charge in [0.2, 0.25) is 0 Å². The largest absolute Gasteiger partial charge is 0.457 e. The third-order valence-corrected chi connectivity index (χ3v) is 8.94. The second-order valence-electron chi connectivity index (χ2n) is 11.3. The minimum Gasteiger partial charge on any atom is -0.457 e. The van der Waals surface area contributed by atoms with Gasteiger partial charge in [0.15, 0.2) is 0 Å². The fourth-order valence-electron chi connectivity index (χ4n) is 7.09. The predicted molar refractivity (Wildman–Crippen MR) is 121 cm³/mol. The van der Waals surface area contributed by atoms with Gasteiger partial charge >= 0.3 is 5.97 Å². The molecule has 3 rings (SSSR count). The summed E-state index contributed by atoms with van der Waals surface area (Å²) in [6.07, 6.45) is 1.42. The summed E-state index contributed by atoms with van der Waals surface area (Å²) in [6.45, 7) is 18.9. The number of aliphatic hydroxyl groups excluding tert-OH is 1. The molecule has 3 aliphatic rings. The van der Waals surface area contributed by atoms with E-state index in [0.29, 0.717) is 43.4 Å². The molecule has 178 valence electrons. The van der Waals surface area contributed by atoms with Gasteiger partial charge in [0, 0.05) is 18.3 Å². The van der Waals surface area contributed by atoms with E-state index in [4.69, 9.17) is 9.47 Å². The van der Waals surface area contributed by atoms with Gasteiger partial charge in [-0.3, -0.25) is 4.79 Å². The van der Waals surface area contributed by atoms with Crippen LogP contribution in [-0.4, -0.2) is 45.7 Å². The third kappa shape index (κ3) is 4.22. The van der Waals surface area contributed by atoms with Gasteiger partial charge in [-0.2, -0.15) is 0 Å². The molecule has 0 aromatic rings. The summed E-state index contributed by atoms with van der Waals surface area (Å²) in [5.41, 5.74) is -1.01. The summed E-state index contributed by atoms with van der Waals surface area (Å²) in [7, 11) is 0. The van der Waals surface area contributed by atoms with E-state index < -0.39 is 17.3 Å². The highest BCUT2D eigenvalue weighted by Gasteiger charge is 2.66. The molecule has 5 nitrogen and oxygen atoms in total. The maximum atomic E-state index is 12.6.